The van der Waals surface area contributed by atoms with Crippen LogP contribution in [0.1, 0.15) is 11.1 Å². The molecule has 0 aliphatic heterocycles. The predicted octanol–water partition coefficient (Wildman–Crippen LogP) is 1.98. The van der Waals surface area contributed by atoms with E-state index in [9.17, 15) is 0 Å². The highest BCUT2D eigenvalue weighted by molar-refractivity contribution is 6.03. The topological polar surface area (TPSA) is 31.6 Å². The Morgan fingerprint density at radius 3 is 2.10 bits per heavy atom. The summed E-state index contributed by atoms with van der Waals surface area (Å²) in [7, 11) is 0. The van der Waals surface area contributed by atoms with E-state index in [1.54, 1.807) is 0 Å². The molecule has 0 aromatic carbocycles. The van der Waals surface area contributed by atoms with Gasteiger partial charge in [-0.2, -0.15) is 0 Å². The fourth-order valence-electron chi connectivity index (χ4n) is 1.53. The molecule has 2 aromatic heterocycles. The zero-order valence-electron chi connectivity index (χ0n) is 5.31. The summed E-state index contributed by atoms with van der Waals surface area (Å²) in [6.45, 7) is 0. The van der Waals surface area contributed by atoms with Crippen molar-refractivity contribution in [3.05, 3.63) is 23.5 Å². The molecule has 0 saturated heterocycles. The SMILES string of the molecule is C1=Cc2c[nH]c3[nH]cc1c23. The third-order valence-corrected chi connectivity index (χ3v) is 2.01. The molecule has 0 amide bonds. The Morgan fingerprint density at radius 2 is 1.50 bits per heavy atom. The Balaban J connectivity index is 2.75. The van der Waals surface area contributed by atoms with E-state index in [0.29, 0.717) is 0 Å². The van der Waals surface area contributed by atoms with Gasteiger partial charge >= 0.3 is 0 Å². The number of hydrogen-bond acceptors (Lipinski definition) is 0. The molecule has 0 fully saturated rings. The molecule has 10 heavy (non-hydrogen) atoms. The number of nitrogens with one attached hydrogen (secondary N) is 2. The van der Waals surface area contributed by atoms with Crippen molar-refractivity contribution >= 4 is 23.2 Å². The highest BCUT2D eigenvalue weighted by Crippen LogP contribution is 2.29. The molecule has 0 spiro atoms. The Hall–Kier alpha value is -1.44. The molecule has 2 N–H and O–H groups in total. The molecule has 0 unspecified atom stereocenters. The van der Waals surface area contributed by atoms with E-state index in [-0.39, 0.29) is 0 Å². The number of H-pyrrole nitrogens is 2. The van der Waals surface area contributed by atoms with Crippen molar-refractivity contribution < 1.29 is 0 Å². The Morgan fingerprint density at radius 1 is 0.900 bits per heavy atom. The summed E-state index contributed by atoms with van der Waals surface area (Å²) in [5.41, 5.74) is 3.73. The normalized spacial score (nSPS) is 13.6. The maximum absolute atomic E-state index is 3.15. The second-order valence-corrected chi connectivity index (χ2v) is 2.57. The van der Waals surface area contributed by atoms with Crippen molar-refractivity contribution in [1.82, 2.24) is 9.97 Å². The van der Waals surface area contributed by atoms with Crippen LogP contribution in [0.2, 0.25) is 0 Å². The maximum Gasteiger partial charge on any atom is 0.115 e. The van der Waals surface area contributed by atoms with E-state index in [1.807, 2.05) is 12.4 Å². The minimum Gasteiger partial charge on any atom is -0.347 e. The van der Waals surface area contributed by atoms with Gasteiger partial charge in [-0.15, -0.1) is 0 Å². The molecular weight excluding hydrogens is 124 g/mol. The predicted molar refractivity (Wildman–Crippen MR) is 41.6 cm³/mol. The van der Waals surface area contributed by atoms with Gasteiger partial charge in [-0.05, 0) is 0 Å². The monoisotopic (exact) mass is 130 g/mol. The second-order valence-electron chi connectivity index (χ2n) is 2.57. The van der Waals surface area contributed by atoms with E-state index in [2.05, 4.69) is 22.1 Å². The first-order valence-corrected chi connectivity index (χ1v) is 3.32. The van der Waals surface area contributed by atoms with E-state index < -0.39 is 0 Å². The van der Waals surface area contributed by atoms with E-state index in [4.69, 9.17) is 0 Å². The van der Waals surface area contributed by atoms with Crippen molar-refractivity contribution in [2.24, 2.45) is 0 Å². The summed E-state index contributed by atoms with van der Waals surface area (Å²) < 4.78 is 0. The van der Waals surface area contributed by atoms with Crippen LogP contribution in [0.15, 0.2) is 12.4 Å². The van der Waals surface area contributed by atoms with Gasteiger partial charge in [-0.1, -0.05) is 12.2 Å². The summed E-state index contributed by atoms with van der Waals surface area (Å²) in [6, 6.07) is 0. The molecule has 0 radical (unpaired) electrons. The van der Waals surface area contributed by atoms with Gasteiger partial charge in [0.1, 0.15) is 5.65 Å². The number of aromatic amines is 2. The molecule has 0 atom stereocenters. The lowest BCUT2D eigenvalue weighted by molar-refractivity contribution is 1.35. The van der Waals surface area contributed by atoms with Crippen LogP contribution in [0.5, 0.6) is 0 Å². The van der Waals surface area contributed by atoms with Gasteiger partial charge in [-0.3, -0.25) is 0 Å². The van der Waals surface area contributed by atoms with Crippen LogP contribution in [0.25, 0.3) is 23.2 Å². The van der Waals surface area contributed by atoms with Crippen LogP contribution in [0.3, 0.4) is 0 Å². The van der Waals surface area contributed by atoms with Crippen molar-refractivity contribution in [2.75, 3.05) is 0 Å². The summed E-state index contributed by atoms with van der Waals surface area (Å²) >= 11 is 0. The minimum absolute atomic E-state index is 1.13. The summed E-state index contributed by atoms with van der Waals surface area (Å²) in [5.74, 6) is 0. The van der Waals surface area contributed by atoms with Crippen LogP contribution in [-0.4, -0.2) is 9.97 Å². The first-order chi connectivity index (χ1) is 4.95. The molecule has 2 aromatic rings. The number of aromatic nitrogens is 2. The maximum atomic E-state index is 3.15. The molecule has 0 bridgehead atoms. The molecule has 2 heterocycles. The first-order valence-electron chi connectivity index (χ1n) is 3.32. The standard InChI is InChI=1S/C8H6N2/c1-2-6-4-10-8-7(6)5(1)3-9-8/h1-4,9-10H. The third-order valence-electron chi connectivity index (χ3n) is 2.01. The third kappa shape index (κ3) is 0.310. The molecule has 1 aliphatic rings. The lowest BCUT2D eigenvalue weighted by Gasteiger charge is -1.74. The lowest BCUT2D eigenvalue weighted by Crippen LogP contribution is -1.58. The zero-order chi connectivity index (χ0) is 6.55. The number of hydrogen-bond donors (Lipinski definition) is 2. The second kappa shape index (κ2) is 1.19. The van der Waals surface area contributed by atoms with Crippen LogP contribution in [0, 0.1) is 0 Å². The van der Waals surface area contributed by atoms with Crippen molar-refractivity contribution in [3.63, 3.8) is 0 Å². The minimum atomic E-state index is 1.13. The van der Waals surface area contributed by atoms with E-state index >= 15 is 0 Å². The quantitative estimate of drug-likeness (QED) is 0.466. The Labute approximate surface area is 57.6 Å². The van der Waals surface area contributed by atoms with Gasteiger partial charge < -0.3 is 9.97 Å². The summed E-state index contributed by atoms with van der Waals surface area (Å²) in [4.78, 5) is 6.31. The smallest absolute Gasteiger partial charge is 0.115 e. The summed E-state index contributed by atoms with van der Waals surface area (Å²) in [5, 5.41) is 1.33. The van der Waals surface area contributed by atoms with E-state index in [0.717, 1.165) is 5.65 Å². The zero-order valence-corrected chi connectivity index (χ0v) is 5.31. The number of rotatable bonds is 0. The van der Waals surface area contributed by atoms with Crippen LogP contribution in [-0.2, 0) is 0 Å². The lowest BCUT2D eigenvalue weighted by atomic mass is 10.3. The fourth-order valence-corrected chi connectivity index (χ4v) is 1.53. The summed E-state index contributed by atoms with van der Waals surface area (Å²) in [6.07, 6.45) is 8.30. The van der Waals surface area contributed by atoms with Crippen molar-refractivity contribution in [3.8, 4) is 0 Å². The highest BCUT2D eigenvalue weighted by Gasteiger charge is 2.10. The molecule has 2 heteroatoms. The average molecular weight is 130 g/mol. The molecule has 2 nitrogen and oxygen atoms in total. The molecule has 3 rings (SSSR count). The van der Waals surface area contributed by atoms with Crippen molar-refractivity contribution in [2.45, 2.75) is 0 Å². The fraction of sp³-hybridized carbons (Fsp3) is 0. The molecular formula is C8H6N2. The van der Waals surface area contributed by atoms with Gasteiger partial charge in [0.15, 0.2) is 0 Å². The first kappa shape index (κ1) is 4.39. The van der Waals surface area contributed by atoms with Crippen molar-refractivity contribution in [1.29, 1.82) is 0 Å². The highest BCUT2D eigenvalue weighted by atomic mass is 14.8. The molecule has 0 saturated carbocycles. The van der Waals surface area contributed by atoms with Gasteiger partial charge in [-0.25, -0.2) is 0 Å². The molecule has 48 valence electrons. The van der Waals surface area contributed by atoms with E-state index in [1.165, 1.54) is 16.5 Å². The van der Waals surface area contributed by atoms with Gasteiger partial charge in [0.25, 0.3) is 0 Å². The Kier molecular flexibility index (Phi) is 0.520. The molecule has 1 aliphatic carbocycles. The van der Waals surface area contributed by atoms with Crippen LogP contribution in [0.4, 0.5) is 0 Å². The van der Waals surface area contributed by atoms with Crippen LogP contribution >= 0.6 is 0 Å². The van der Waals surface area contributed by atoms with Gasteiger partial charge in [0, 0.05) is 28.9 Å². The average Bonchev–Trinajstić information content (AvgIpc) is 2.56. The van der Waals surface area contributed by atoms with Crippen LogP contribution < -0.4 is 0 Å². The van der Waals surface area contributed by atoms with Gasteiger partial charge in [0.05, 0.1) is 0 Å². The van der Waals surface area contributed by atoms with Gasteiger partial charge in [0.2, 0.25) is 0 Å². The Bertz CT molecular complexity index is 382. The largest absolute Gasteiger partial charge is 0.347 e.